The number of hydrogen-bond donors (Lipinski definition) is 2. The second kappa shape index (κ2) is 7.45. The molecule has 2 atom stereocenters. The number of halogens is 2. The third kappa shape index (κ3) is 4.22. The van der Waals surface area contributed by atoms with Crippen molar-refractivity contribution in [3.63, 3.8) is 0 Å². The second-order valence-electron chi connectivity index (χ2n) is 6.18. The van der Waals surface area contributed by atoms with Crippen LogP contribution in [0.5, 0.6) is 11.5 Å². The Hall–Kier alpha value is -1.72. The van der Waals surface area contributed by atoms with Gasteiger partial charge in [-0.15, -0.1) is 0 Å². The van der Waals surface area contributed by atoms with Gasteiger partial charge in [0.25, 0.3) is 0 Å². The van der Waals surface area contributed by atoms with Gasteiger partial charge in [0, 0.05) is 0 Å². The van der Waals surface area contributed by atoms with Gasteiger partial charge in [0.1, 0.15) is 4.49 Å². The lowest BCUT2D eigenvalue weighted by Crippen LogP contribution is -2.21. The van der Waals surface area contributed by atoms with Crippen LogP contribution < -0.4 is 10.2 Å². The van der Waals surface area contributed by atoms with Crippen LogP contribution in [0, 0.1) is 17.3 Å². The zero-order chi connectivity index (χ0) is 17.9. The summed E-state index contributed by atoms with van der Waals surface area (Å²) in [5.41, 5.74) is 3.03. The molecule has 2 rings (SSSR count). The van der Waals surface area contributed by atoms with Crippen molar-refractivity contribution in [1.29, 1.82) is 0 Å². The zero-order valence-corrected chi connectivity index (χ0v) is 15.2. The quantitative estimate of drug-likeness (QED) is 0.590. The number of phenols is 1. The average Bonchev–Trinajstić information content (AvgIpc) is 3.02. The molecule has 1 fully saturated rings. The van der Waals surface area contributed by atoms with Crippen molar-refractivity contribution in [1.82, 2.24) is 5.43 Å². The van der Waals surface area contributed by atoms with E-state index < -0.39 is 0 Å². The molecule has 1 aromatic carbocycles. The van der Waals surface area contributed by atoms with Gasteiger partial charge in [-0.3, -0.25) is 4.79 Å². The van der Waals surface area contributed by atoms with Crippen LogP contribution in [0.1, 0.15) is 26.3 Å². The maximum atomic E-state index is 12.2. The molecule has 0 heterocycles. The first-order valence-corrected chi connectivity index (χ1v) is 8.34. The van der Waals surface area contributed by atoms with Gasteiger partial charge >= 0.3 is 0 Å². The number of nitrogens with zero attached hydrogens (tertiary/aromatic N) is 1. The van der Waals surface area contributed by atoms with Crippen molar-refractivity contribution < 1.29 is 14.6 Å². The third-order valence-corrected chi connectivity index (χ3v) is 4.42. The van der Waals surface area contributed by atoms with Crippen LogP contribution in [0.25, 0.3) is 0 Å². The normalized spacial score (nSPS) is 21.4. The number of carbonyl (C=O) groups excluding carboxylic acids is 1. The third-order valence-electron chi connectivity index (χ3n) is 4.17. The molecule has 7 heteroatoms. The number of nitrogens with one attached hydrogen (secondary N) is 1. The van der Waals surface area contributed by atoms with Crippen LogP contribution in [0.15, 0.2) is 33.9 Å². The van der Waals surface area contributed by atoms with Gasteiger partial charge in [-0.2, -0.15) is 5.10 Å². The van der Waals surface area contributed by atoms with Gasteiger partial charge < -0.3 is 9.84 Å². The molecule has 1 aliphatic rings. The van der Waals surface area contributed by atoms with Crippen molar-refractivity contribution >= 4 is 35.3 Å². The number of allylic oxidation sites excluding steroid dienone is 1. The molecule has 24 heavy (non-hydrogen) atoms. The van der Waals surface area contributed by atoms with Crippen molar-refractivity contribution in [3.05, 3.63) is 34.3 Å². The summed E-state index contributed by atoms with van der Waals surface area (Å²) < 4.78 is 5.47. The van der Waals surface area contributed by atoms with Crippen LogP contribution in [0.2, 0.25) is 0 Å². The predicted octanol–water partition coefficient (Wildman–Crippen LogP) is 3.83. The van der Waals surface area contributed by atoms with Crippen LogP contribution in [-0.2, 0) is 4.79 Å². The zero-order valence-electron chi connectivity index (χ0n) is 13.7. The molecule has 1 aliphatic carbocycles. The van der Waals surface area contributed by atoms with Crippen LogP contribution >= 0.6 is 23.2 Å². The Morgan fingerprint density at radius 1 is 1.46 bits per heavy atom. The van der Waals surface area contributed by atoms with Gasteiger partial charge in [0.2, 0.25) is 5.91 Å². The molecule has 0 bridgehead atoms. The molecule has 1 saturated carbocycles. The highest BCUT2D eigenvalue weighted by molar-refractivity contribution is 6.55. The predicted molar refractivity (Wildman–Crippen MR) is 95.6 cm³/mol. The van der Waals surface area contributed by atoms with Crippen LogP contribution in [-0.4, -0.2) is 23.8 Å². The molecule has 0 unspecified atom stereocenters. The van der Waals surface area contributed by atoms with Gasteiger partial charge in [-0.25, -0.2) is 5.43 Å². The van der Waals surface area contributed by atoms with Crippen molar-refractivity contribution in [2.45, 2.75) is 20.8 Å². The topological polar surface area (TPSA) is 70.9 Å². The van der Waals surface area contributed by atoms with Gasteiger partial charge in [-0.05, 0) is 48.1 Å². The number of aromatic hydroxyl groups is 1. The standard InChI is InChI=1S/C17H20Cl2N2O3/c1-4-24-13-7-10(5-6-12(13)22)9-20-21-16(23)15-11(8-14(18)19)17(15,2)3/h5-9,11,15,22H,4H2,1-3H3,(H,21,23)/b20-9+/t11-,15+/m1/s1. The first kappa shape index (κ1) is 18.6. The van der Waals surface area contributed by atoms with E-state index in [-0.39, 0.29) is 33.4 Å². The summed E-state index contributed by atoms with van der Waals surface area (Å²) in [6.45, 7) is 6.23. The van der Waals surface area contributed by atoms with Crippen molar-refractivity contribution in [3.8, 4) is 11.5 Å². The summed E-state index contributed by atoms with van der Waals surface area (Å²) in [5.74, 6) is 0.0242. The monoisotopic (exact) mass is 370 g/mol. The summed E-state index contributed by atoms with van der Waals surface area (Å²) >= 11 is 11.4. The lowest BCUT2D eigenvalue weighted by molar-refractivity contribution is -0.123. The number of rotatable bonds is 6. The Bertz CT molecular complexity index is 682. The number of hydrogen-bond acceptors (Lipinski definition) is 4. The van der Waals surface area contributed by atoms with Crippen LogP contribution in [0.4, 0.5) is 0 Å². The Kier molecular flexibility index (Phi) is 5.78. The highest BCUT2D eigenvalue weighted by Gasteiger charge is 2.60. The molecule has 0 aromatic heterocycles. The largest absolute Gasteiger partial charge is 0.504 e. The molecule has 0 spiro atoms. The maximum absolute atomic E-state index is 12.2. The van der Waals surface area contributed by atoms with Crippen molar-refractivity contribution in [2.24, 2.45) is 22.4 Å². The van der Waals surface area contributed by atoms with E-state index in [1.54, 1.807) is 18.2 Å². The Labute approximate surface area is 151 Å². The molecule has 0 radical (unpaired) electrons. The smallest absolute Gasteiger partial charge is 0.244 e. The second-order valence-corrected chi connectivity index (χ2v) is 7.18. The molecule has 1 amide bonds. The van der Waals surface area contributed by atoms with E-state index in [0.717, 1.165) is 0 Å². The van der Waals surface area contributed by atoms with Crippen molar-refractivity contribution in [2.75, 3.05) is 6.61 Å². The fourth-order valence-electron chi connectivity index (χ4n) is 2.75. The molecular weight excluding hydrogens is 351 g/mol. The van der Waals surface area contributed by atoms with E-state index in [2.05, 4.69) is 10.5 Å². The minimum Gasteiger partial charge on any atom is -0.504 e. The maximum Gasteiger partial charge on any atom is 0.244 e. The first-order chi connectivity index (χ1) is 11.3. The number of ether oxygens (including phenoxy) is 1. The van der Waals surface area contributed by atoms with E-state index in [1.807, 2.05) is 20.8 Å². The summed E-state index contributed by atoms with van der Waals surface area (Å²) in [7, 11) is 0. The molecule has 1 aromatic rings. The molecule has 0 saturated heterocycles. The van der Waals surface area contributed by atoms with Gasteiger partial charge in [0.05, 0.1) is 18.7 Å². The molecule has 5 nitrogen and oxygen atoms in total. The van der Waals surface area contributed by atoms with E-state index in [1.165, 1.54) is 12.3 Å². The molecule has 130 valence electrons. The van der Waals surface area contributed by atoms with E-state index in [4.69, 9.17) is 27.9 Å². The molecule has 2 N–H and O–H groups in total. The Morgan fingerprint density at radius 2 is 2.17 bits per heavy atom. The lowest BCUT2D eigenvalue weighted by Gasteiger charge is -2.06. The minimum atomic E-state index is -0.221. The Morgan fingerprint density at radius 3 is 2.79 bits per heavy atom. The summed E-state index contributed by atoms with van der Waals surface area (Å²) in [6, 6.07) is 4.84. The van der Waals surface area contributed by atoms with E-state index in [9.17, 15) is 9.90 Å². The number of carbonyl (C=O) groups is 1. The van der Waals surface area contributed by atoms with Gasteiger partial charge in [0.15, 0.2) is 11.5 Å². The van der Waals surface area contributed by atoms with E-state index in [0.29, 0.717) is 17.9 Å². The lowest BCUT2D eigenvalue weighted by atomic mass is 10.1. The molecule has 0 aliphatic heterocycles. The number of benzene rings is 1. The highest BCUT2D eigenvalue weighted by atomic mass is 35.5. The Balaban J connectivity index is 1.98. The van der Waals surface area contributed by atoms with Crippen LogP contribution in [0.3, 0.4) is 0 Å². The SMILES string of the molecule is CCOc1cc(/C=N/NC(=O)[C@@H]2[C@@H](C=C(Cl)Cl)C2(C)C)ccc1O. The van der Waals surface area contributed by atoms with Gasteiger partial charge in [-0.1, -0.05) is 37.0 Å². The fourth-order valence-corrected chi connectivity index (χ4v) is 3.02. The molecular formula is C17H20Cl2N2O3. The average molecular weight is 371 g/mol. The number of hydrazone groups is 1. The minimum absolute atomic E-state index is 0.00377. The summed E-state index contributed by atoms with van der Waals surface area (Å²) in [6.07, 6.45) is 3.18. The highest BCUT2D eigenvalue weighted by Crippen LogP contribution is 2.59. The fraction of sp³-hybridized carbons (Fsp3) is 0.412. The number of amides is 1. The van der Waals surface area contributed by atoms with E-state index >= 15 is 0 Å². The number of phenolic OH excluding ortho intramolecular Hbond substituents is 1. The summed E-state index contributed by atoms with van der Waals surface area (Å²) in [5, 5.41) is 13.6. The first-order valence-electron chi connectivity index (χ1n) is 7.59. The summed E-state index contributed by atoms with van der Waals surface area (Å²) in [4.78, 5) is 12.2.